The van der Waals surface area contributed by atoms with Crippen LogP contribution in [0.5, 0.6) is 0 Å². The zero-order valence-corrected chi connectivity index (χ0v) is 5.69. The van der Waals surface area contributed by atoms with Crippen LogP contribution < -0.4 is 5.73 Å². The van der Waals surface area contributed by atoms with Gasteiger partial charge in [0.25, 0.3) is 0 Å². The van der Waals surface area contributed by atoms with E-state index in [4.69, 9.17) is 0 Å². The maximum absolute atomic E-state index is 4.03. The van der Waals surface area contributed by atoms with Crippen LogP contribution in [-0.2, 0) is 0 Å². The molecule has 0 bridgehead atoms. The summed E-state index contributed by atoms with van der Waals surface area (Å²) >= 11 is 0. The third-order valence-corrected chi connectivity index (χ3v) is 2.14. The number of hydrogen-bond acceptors (Lipinski definition) is 0. The summed E-state index contributed by atoms with van der Waals surface area (Å²) in [6, 6.07) is 0.770. The molecule has 0 aromatic heterocycles. The van der Waals surface area contributed by atoms with E-state index in [1.165, 1.54) is 25.7 Å². The number of rotatable bonds is 0. The Balaban J connectivity index is 2.19. The Hall–Kier alpha value is -0.0400. The molecule has 0 spiro atoms. The first-order valence-corrected chi connectivity index (χ1v) is 3.62. The summed E-state index contributed by atoms with van der Waals surface area (Å²) in [7, 11) is 0. The number of hydrogen-bond donors (Lipinski definition) is 1. The molecule has 1 fully saturated rings. The van der Waals surface area contributed by atoms with Gasteiger partial charge in [0.05, 0.1) is 6.04 Å². The van der Waals surface area contributed by atoms with Gasteiger partial charge in [0.1, 0.15) is 0 Å². The van der Waals surface area contributed by atoms with Crippen LogP contribution in [0.1, 0.15) is 32.6 Å². The molecule has 0 radical (unpaired) electrons. The van der Waals surface area contributed by atoms with Crippen molar-refractivity contribution in [2.24, 2.45) is 5.92 Å². The van der Waals surface area contributed by atoms with Gasteiger partial charge in [-0.2, -0.15) is 0 Å². The molecule has 0 aromatic carbocycles. The predicted octanol–water partition coefficient (Wildman–Crippen LogP) is 0.807. The summed E-state index contributed by atoms with van der Waals surface area (Å²) in [5.41, 5.74) is 4.03. The van der Waals surface area contributed by atoms with Crippen molar-refractivity contribution in [1.29, 1.82) is 0 Å². The zero-order valence-electron chi connectivity index (χ0n) is 5.69. The van der Waals surface area contributed by atoms with Gasteiger partial charge in [0.2, 0.25) is 0 Å². The first kappa shape index (κ1) is 6.09. The Bertz CT molecular complexity index is 52.8. The second-order valence-electron chi connectivity index (χ2n) is 3.13. The highest BCUT2D eigenvalue weighted by Gasteiger charge is 2.16. The zero-order chi connectivity index (χ0) is 5.98. The van der Waals surface area contributed by atoms with E-state index in [1.54, 1.807) is 0 Å². The van der Waals surface area contributed by atoms with E-state index in [9.17, 15) is 0 Å². The van der Waals surface area contributed by atoms with Crippen LogP contribution in [0.25, 0.3) is 0 Å². The highest BCUT2D eigenvalue weighted by molar-refractivity contribution is 4.66. The molecule has 1 saturated carbocycles. The van der Waals surface area contributed by atoms with E-state index >= 15 is 0 Å². The summed E-state index contributed by atoms with van der Waals surface area (Å²) in [6.07, 6.45) is 5.55. The molecule has 1 heteroatoms. The topological polar surface area (TPSA) is 27.6 Å². The molecule has 48 valence electrons. The van der Waals surface area contributed by atoms with Crippen LogP contribution in [0.3, 0.4) is 0 Å². The first-order valence-electron chi connectivity index (χ1n) is 3.62. The van der Waals surface area contributed by atoms with Crippen LogP contribution in [0.4, 0.5) is 0 Å². The SMILES string of the molecule is CC1CCC([NH3+])CC1. The minimum Gasteiger partial charge on any atom is -0.355 e. The summed E-state index contributed by atoms with van der Waals surface area (Å²) in [4.78, 5) is 0. The lowest BCUT2D eigenvalue weighted by molar-refractivity contribution is -0.426. The van der Waals surface area contributed by atoms with E-state index in [2.05, 4.69) is 12.7 Å². The summed E-state index contributed by atoms with van der Waals surface area (Å²) < 4.78 is 0. The predicted molar refractivity (Wildman–Crippen MR) is 34.3 cm³/mol. The van der Waals surface area contributed by atoms with Crippen molar-refractivity contribution in [3.8, 4) is 0 Å². The van der Waals surface area contributed by atoms with Crippen molar-refractivity contribution in [3.05, 3.63) is 0 Å². The van der Waals surface area contributed by atoms with Crippen molar-refractivity contribution < 1.29 is 5.73 Å². The quantitative estimate of drug-likeness (QED) is 0.482. The van der Waals surface area contributed by atoms with Gasteiger partial charge in [0, 0.05) is 0 Å². The van der Waals surface area contributed by atoms with Crippen molar-refractivity contribution in [2.75, 3.05) is 0 Å². The lowest BCUT2D eigenvalue weighted by Gasteiger charge is -2.19. The minimum absolute atomic E-state index is 0.770. The van der Waals surface area contributed by atoms with E-state index in [1.807, 2.05) is 0 Å². The average molecular weight is 114 g/mol. The van der Waals surface area contributed by atoms with Crippen LogP contribution in [-0.4, -0.2) is 6.04 Å². The fourth-order valence-corrected chi connectivity index (χ4v) is 1.33. The molecule has 0 heterocycles. The monoisotopic (exact) mass is 114 g/mol. The van der Waals surface area contributed by atoms with Gasteiger partial charge in [0.15, 0.2) is 0 Å². The second kappa shape index (κ2) is 2.49. The summed E-state index contributed by atoms with van der Waals surface area (Å²) in [5, 5.41) is 0. The molecule has 1 nitrogen and oxygen atoms in total. The molecule has 0 aliphatic heterocycles. The van der Waals surface area contributed by atoms with E-state index in [0.29, 0.717) is 0 Å². The second-order valence-corrected chi connectivity index (χ2v) is 3.13. The lowest BCUT2D eigenvalue weighted by Crippen LogP contribution is -2.61. The highest BCUT2D eigenvalue weighted by Crippen LogP contribution is 2.20. The van der Waals surface area contributed by atoms with Gasteiger partial charge in [-0.15, -0.1) is 0 Å². The molecule has 0 aromatic rings. The van der Waals surface area contributed by atoms with Gasteiger partial charge in [-0.25, -0.2) is 0 Å². The largest absolute Gasteiger partial charge is 0.355 e. The highest BCUT2D eigenvalue weighted by atomic mass is 14.6. The number of quaternary nitrogens is 1. The minimum atomic E-state index is 0.770. The Kier molecular flexibility index (Phi) is 1.90. The van der Waals surface area contributed by atoms with Crippen LogP contribution >= 0.6 is 0 Å². The molecular weight excluding hydrogens is 98.1 g/mol. The van der Waals surface area contributed by atoms with E-state index in [-0.39, 0.29) is 0 Å². The van der Waals surface area contributed by atoms with Gasteiger partial charge in [-0.1, -0.05) is 6.92 Å². The lowest BCUT2D eigenvalue weighted by atomic mass is 9.88. The summed E-state index contributed by atoms with van der Waals surface area (Å²) in [6.45, 7) is 2.34. The molecular formula is C7H16N+. The molecule has 0 amide bonds. The van der Waals surface area contributed by atoms with Crippen molar-refractivity contribution in [1.82, 2.24) is 0 Å². The van der Waals surface area contributed by atoms with Crippen LogP contribution in [0.2, 0.25) is 0 Å². The molecule has 1 rings (SSSR count). The van der Waals surface area contributed by atoms with Gasteiger partial charge in [-0.05, 0) is 31.6 Å². The Morgan fingerprint density at radius 2 is 1.62 bits per heavy atom. The van der Waals surface area contributed by atoms with Gasteiger partial charge < -0.3 is 5.73 Å². The smallest absolute Gasteiger partial charge is 0.0843 e. The summed E-state index contributed by atoms with van der Waals surface area (Å²) in [5.74, 6) is 0.980. The fraction of sp³-hybridized carbons (Fsp3) is 1.00. The molecule has 3 N–H and O–H groups in total. The third-order valence-electron chi connectivity index (χ3n) is 2.14. The first-order chi connectivity index (χ1) is 3.79. The van der Waals surface area contributed by atoms with Gasteiger partial charge >= 0.3 is 0 Å². The molecule has 1 aliphatic carbocycles. The van der Waals surface area contributed by atoms with Gasteiger partial charge in [-0.3, -0.25) is 0 Å². The van der Waals surface area contributed by atoms with E-state index < -0.39 is 0 Å². The Labute approximate surface area is 51.3 Å². The molecule has 1 aliphatic rings. The normalized spacial score (nSPS) is 39.8. The van der Waals surface area contributed by atoms with Crippen LogP contribution in [0.15, 0.2) is 0 Å². The Morgan fingerprint density at radius 1 is 1.12 bits per heavy atom. The van der Waals surface area contributed by atoms with Crippen molar-refractivity contribution >= 4 is 0 Å². The third kappa shape index (κ3) is 1.48. The average Bonchev–Trinajstić information content (AvgIpc) is 1.77. The molecule has 8 heavy (non-hydrogen) atoms. The molecule has 0 saturated heterocycles. The standard InChI is InChI=1S/C7H15N/c1-6-2-4-7(8)5-3-6/h6-7H,2-5,8H2,1H3/p+1. The van der Waals surface area contributed by atoms with Crippen molar-refractivity contribution in [2.45, 2.75) is 38.6 Å². The molecule has 0 unspecified atom stereocenters. The van der Waals surface area contributed by atoms with Crippen LogP contribution in [0, 0.1) is 5.92 Å². The fourth-order valence-electron chi connectivity index (χ4n) is 1.33. The van der Waals surface area contributed by atoms with E-state index in [0.717, 1.165) is 12.0 Å². The maximum atomic E-state index is 4.03. The maximum Gasteiger partial charge on any atom is 0.0843 e. The molecule has 0 atom stereocenters. The Morgan fingerprint density at radius 3 is 2.00 bits per heavy atom. The van der Waals surface area contributed by atoms with Crippen molar-refractivity contribution in [3.63, 3.8) is 0 Å².